The number of para-hydroxylation sites is 1. The van der Waals surface area contributed by atoms with Crippen LogP contribution in [0.2, 0.25) is 0 Å². The van der Waals surface area contributed by atoms with E-state index in [4.69, 9.17) is 0 Å². The third-order valence-electron chi connectivity index (χ3n) is 14.7. The Morgan fingerprint density at radius 2 is 0.508 bits per heavy atom. The first-order chi connectivity index (χ1) is 31.3. The first kappa shape index (κ1) is 34.7. The molecule has 0 N–H and O–H groups in total. The van der Waals surface area contributed by atoms with Crippen LogP contribution in [0.1, 0.15) is 44.5 Å². The molecule has 0 bridgehead atoms. The topological polar surface area (TPSA) is 3.24 Å². The number of rotatable bonds is 4. The molecule has 10 aromatic rings. The largest absolute Gasteiger partial charge is 0.310 e. The summed E-state index contributed by atoms with van der Waals surface area (Å²) in [6.07, 6.45) is 0. The molecule has 1 nitrogen and oxygen atoms in total. The molecule has 0 atom stereocenters. The quantitative estimate of drug-likeness (QED) is 0.171. The van der Waals surface area contributed by atoms with Gasteiger partial charge in [-0.25, -0.2) is 0 Å². The molecule has 4 aliphatic rings. The van der Waals surface area contributed by atoms with Gasteiger partial charge in [0.05, 0.1) is 16.5 Å². The van der Waals surface area contributed by atoms with Crippen LogP contribution in [0.25, 0.3) is 55.6 Å². The maximum Gasteiger partial charge on any atom is 0.0726 e. The van der Waals surface area contributed by atoms with E-state index in [1.165, 1.54) is 100 Å². The molecule has 0 saturated carbocycles. The zero-order valence-corrected chi connectivity index (χ0v) is 34.5. The Morgan fingerprint density at radius 3 is 0.873 bits per heavy atom. The SMILES string of the molecule is c1ccc(-c2ccccc2N(c2ccc3c(c2)C2(c4ccccc4-c4ccccc42)c2ccccc2-3)c2ccc3c(c2)C2(c4ccccc4-c4ccccc42)c2ccccc2-3)cc1. The summed E-state index contributed by atoms with van der Waals surface area (Å²) in [4.78, 5) is 2.54. The van der Waals surface area contributed by atoms with Crippen molar-refractivity contribution in [3.05, 3.63) is 281 Å². The van der Waals surface area contributed by atoms with Gasteiger partial charge in [0.2, 0.25) is 0 Å². The highest BCUT2D eigenvalue weighted by molar-refractivity contribution is 5.99. The van der Waals surface area contributed by atoms with Crippen molar-refractivity contribution in [2.45, 2.75) is 10.8 Å². The van der Waals surface area contributed by atoms with Gasteiger partial charge in [-0.1, -0.05) is 206 Å². The smallest absolute Gasteiger partial charge is 0.0726 e. The Labute approximate surface area is 367 Å². The highest BCUT2D eigenvalue weighted by Crippen LogP contribution is 2.65. The van der Waals surface area contributed by atoms with E-state index >= 15 is 0 Å². The fourth-order valence-corrected chi connectivity index (χ4v) is 12.4. The van der Waals surface area contributed by atoms with Gasteiger partial charge in [-0.15, -0.1) is 0 Å². The van der Waals surface area contributed by atoms with Crippen molar-refractivity contribution in [3.63, 3.8) is 0 Å². The summed E-state index contributed by atoms with van der Waals surface area (Å²) in [5.74, 6) is 0. The molecule has 63 heavy (non-hydrogen) atoms. The maximum absolute atomic E-state index is 2.54. The third-order valence-corrected chi connectivity index (χ3v) is 14.7. The molecular formula is C62H39N. The van der Waals surface area contributed by atoms with Gasteiger partial charge in [0.1, 0.15) is 0 Å². The summed E-state index contributed by atoms with van der Waals surface area (Å²) in [7, 11) is 0. The molecule has 4 aliphatic carbocycles. The molecule has 0 unspecified atom stereocenters. The van der Waals surface area contributed by atoms with Crippen molar-refractivity contribution in [2.24, 2.45) is 0 Å². The van der Waals surface area contributed by atoms with Crippen molar-refractivity contribution in [1.29, 1.82) is 0 Å². The highest BCUT2D eigenvalue weighted by atomic mass is 15.1. The molecule has 0 heterocycles. The Morgan fingerprint density at radius 1 is 0.222 bits per heavy atom. The fourth-order valence-electron chi connectivity index (χ4n) is 12.4. The zero-order valence-electron chi connectivity index (χ0n) is 34.5. The molecule has 0 saturated heterocycles. The van der Waals surface area contributed by atoms with Crippen LogP contribution in [0, 0.1) is 0 Å². The van der Waals surface area contributed by atoms with Crippen molar-refractivity contribution in [2.75, 3.05) is 4.90 Å². The lowest BCUT2D eigenvalue weighted by atomic mass is 9.70. The van der Waals surface area contributed by atoms with Gasteiger partial charge in [-0.2, -0.15) is 0 Å². The van der Waals surface area contributed by atoms with E-state index in [-0.39, 0.29) is 0 Å². The lowest BCUT2D eigenvalue weighted by molar-refractivity contribution is 0.792. The fraction of sp³-hybridized carbons (Fsp3) is 0.0323. The van der Waals surface area contributed by atoms with Gasteiger partial charge >= 0.3 is 0 Å². The normalized spacial score (nSPS) is 14.3. The number of hydrogen-bond donors (Lipinski definition) is 0. The lowest BCUT2D eigenvalue weighted by Crippen LogP contribution is -2.26. The molecule has 10 aromatic carbocycles. The van der Waals surface area contributed by atoms with Gasteiger partial charge in [-0.05, 0) is 125 Å². The van der Waals surface area contributed by atoms with Crippen molar-refractivity contribution in [3.8, 4) is 55.6 Å². The lowest BCUT2D eigenvalue weighted by Gasteiger charge is -2.34. The van der Waals surface area contributed by atoms with Crippen LogP contribution >= 0.6 is 0 Å². The number of hydrogen-bond acceptors (Lipinski definition) is 1. The second kappa shape index (κ2) is 12.8. The number of fused-ring (bicyclic) bond motifs is 20. The summed E-state index contributed by atoms with van der Waals surface area (Å²) in [6, 6.07) is 88.9. The van der Waals surface area contributed by atoms with Crippen LogP contribution in [-0.2, 0) is 10.8 Å². The van der Waals surface area contributed by atoms with Gasteiger partial charge in [-0.3, -0.25) is 0 Å². The van der Waals surface area contributed by atoms with E-state index in [9.17, 15) is 0 Å². The van der Waals surface area contributed by atoms with Crippen LogP contribution in [0.15, 0.2) is 237 Å². The Kier molecular flexibility index (Phi) is 7.03. The van der Waals surface area contributed by atoms with Crippen LogP contribution in [-0.4, -0.2) is 0 Å². The molecule has 2 spiro atoms. The standard InChI is InChI=1S/C62H39N/c1-2-18-40(19-3-1)43-20-10-17-33-60(43)63(41-34-36-50-48-25-8-15-31-56(48)61(58(50)38-41)52-27-11-4-21-44(52)45-22-5-12-28-53(45)61)42-35-37-51-49-26-9-16-32-57(49)62(59(51)39-42)54-29-13-6-23-46(54)47-24-7-14-30-55(47)62/h1-39H. The predicted molar refractivity (Wildman–Crippen MR) is 259 cm³/mol. The minimum Gasteiger partial charge on any atom is -0.310 e. The van der Waals surface area contributed by atoms with Crippen LogP contribution in [0.4, 0.5) is 17.1 Å². The van der Waals surface area contributed by atoms with Gasteiger partial charge in [0.25, 0.3) is 0 Å². The van der Waals surface area contributed by atoms with E-state index in [1.54, 1.807) is 0 Å². The van der Waals surface area contributed by atoms with E-state index in [0.29, 0.717) is 0 Å². The summed E-state index contributed by atoms with van der Waals surface area (Å²) >= 11 is 0. The Bertz CT molecular complexity index is 3220. The molecule has 14 rings (SSSR count). The van der Waals surface area contributed by atoms with Crippen molar-refractivity contribution >= 4 is 17.1 Å². The zero-order chi connectivity index (χ0) is 41.3. The third kappa shape index (κ3) is 4.36. The molecule has 0 amide bonds. The monoisotopic (exact) mass is 797 g/mol. The van der Waals surface area contributed by atoms with Crippen molar-refractivity contribution < 1.29 is 0 Å². The minimum atomic E-state index is -0.458. The second-order valence-electron chi connectivity index (χ2n) is 17.5. The average molecular weight is 798 g/mol. The number of nitrogens with zero attached hydrogens (tertiary/aromatic N) is 1. The van der Waals surface area contributed by atoms with Crippen LogP contribution in [0.3, 0.4) is 0 Å². The van der Waals surface area contributed by atoms with Crippen molar-refractivity contribution in [1.82, 2.24) is 0 Å². The molecule has 0 fully saturated rings. The molecule has 0 aromatic heterocycles. The van der Waals surface area contributed by atoms with Crippen LogP contribution in [0.5, 0.6) is 0 Å². The van der Waals surface area contributed by atoms with Gasteiger partial charge in [0, 0.05) is 16.9 Å². The minimum absolute atomic E-state index is 0.458. The van der Waals surface area contributed by atoms with Gasteiger partial charge < -0.3 is 4.90 Å². The molecule has 292 valence electrons. The molecular weight excluding hydrogens is 759 g/mol. The summed E-state index contributed by atoms with van der Waals surface area (Å²) in [5.41, 5.74) is 26.0. The van der Waals surface area contributed by atoms with E-state index in [0.717, 1.165) is 17.1 Å². The Balaban J connectivity index is 1.07. The molecule has 0 radical (unpaired) electrons. The predicted octanol–water partition coefficient (Wildman–Crippen LogP) is 15.5. The first-order valence-corrected chi connectivity index (χ1v) is 22.1. The summed E-state index contributed by atoms with van der Waals surface area (Å²) in [6.45, 7) is 0. The van der Waals surface area contributed by atoms with E-state index < -0.39 is 10.8 Å². The summed E-state index contributed by atoms with van der Waals surface area (Å²) in [5, 5.41) is 0. The molecule has 0 aliphatic heterocycles. The van der Waals surface area contributed by atoms with Crippen LogP contribution < -0.4 is 4.90 Å². The summed E-state index contributed by atoms with van der Waals surface area (Å²) < 4.78 is 0. The number of benzene rings is 10. The second-order valence-corrected chi connectivity index (χ2v) is 17.5. The average Bonchev–Trinajstić information content (AvgIpc) is 4.03. The first-order valence-electron chi connectivity index (χ1n) is 22.1. The maximum atomic E-state index is 2.54. The van der Waals surface area contributed by atoms with Gasteiger partial charge in [0.15, 0.2) is 0 Å². The van der Waals surface area contributed by atoms with E-state index in [1.807, 2.05) is 0 Å². The Hall–Kier alpha value is -8.00. The molecule has 1 heteroatoms. The number of anilines is 3. The van der Waals surface area contributed by atoms with E-state index in [2.05, 4.69) is 241 Å². The highest BCUT2D eigenvalue weighted by Gasteiger charge is 2.53.